The molecule has 0 unspecified atom stereocenters. The average molecular weight is 89.0 g/mol. The van der Waals surface area contributed by atoms with Gasteiger partial charge in [0.25, 0.3) is 8.61 Å². The molecule has 0 saturated carbocycles. The van der Waals surface area contributed by atoms with Gasteiger partial charge in [-0.15, -0.1) is 0 Å². The molecule has 0 spiro atoms. The van der Waals surface area contributed by atoms with Crippen molar-refractivity contribution in [2.24, 2.45) is 0 Å². The lowest BCUT2D eigenvalue weighted by Crippen LogP contribution is -1.87. The second-order valence-electron chi connectivity index (χ2n) is 0.328. The Morgan fingerprint density at radius 1 is 2.00 bits per heavy atom. The first kappa shape index (κ1) is 4.57. The highest BCUT2D eigenvalue weighted by molar-refractivity contribution is 7.22. The highest BCUT2D eigenvalue weighted by Crippen LogP contribution is 1.69. The smallest absolute Gasteiger partial charge is 0.280 e. The van der Waals surface area contributed by atoms with Crippen LogP contribution in [0.5, 0.6) is 0 Å². The largest absolute Gasteiger partial charge is 0.287 e. The maximum atomic E-state index is 9.21. The van der Waals surface area contributed by atoms with Gasteiger partial charge in [-0.05, 0) is 0 Å². The van der Waals surface area contributed by atoms with Gasteiger partial charge in [-0.1, -0.05) is 0 Å². The Morgan fingerprint density at radius 3 is 2.60 bits per heavy atom. The van der Waals surface area contributed by atoms with Crippen LogP contribution < -0.4 is 5.09 Å². The van der Waals surface area contributed by atoms with Crippen molar-refractivity contribution in [2.45, 2.75) is 0 Å². The van der Waals surface area contributed by atoms with Gasteiger partial charge in [0, 0.05) is 0 Å². The molecule has 27 valence electrons. The molecule has 4 heteroatoms. The number of hydrogen-bond acceptors (Lipinski definition) is 2. The average Bonchev–Trinajstić information content (AvgIpc) is 1.41. The van der Waals surface area contributed by atoms with Crippen molar-refractivity contribution >= 4 is 14.9 Å². The zero-order chi connectivity index (χ0) is 4.12. The summed E-state index contributed by atoms with van der Waals surface area (Å²) in [6.45, 7) is 0. The topological polar surface area (TPSA) is 53.0 Å². The van der Waals surface area contributed by atoms with Gasteiger partial charge >= 0.3 is 0 Å². The maximum Gasteiger partial charge on any atom is 0.280 e. The summed E-state index contributed by atoms with van der Waals surface area (Å²) in [5, 5.41) is 7.98. The van der Waals surface area contributed by atoms with Crippen LogP contribution in [0.15, 0.2) is 0 Å². The van der Waals surface area contributed by atoms with Gasteiger partial charge < -0.3 is 0 Å². The Balaban J connectivity index is 2.65. The molecule has 0 atom stereocenters. The quantitative estimate of drug-likeness (QED) is 0.221. The van der Waals surface area contributed by atoms with Gasteiger partial charge in [-0.3, -0.25) is 10.5 Å². The molecule has 0 aliphatic rings. The first-order chi connectivity index (χ1) is 2.41. The van der Waals surface area contributed by atoms with Crippen LogP contribution in [0.1, 0.15) is 0 Å². The van der Waals surface area contributed by atoms with E-state index in [9.17, 15) is 4.57 Å². The van der Waals surface area contributed by atoms with Crippen LogP contribution in [0.25, 0.3) is 0 Å². The molecule has 0 heterocycles. The number of nitrogens with one attached hydrogen (secondary N) is 2. The zero-order valence-electron chi connectivity index (χ0n) is 2.36. The fourth-order valence-corrected chi connectivity index (χ4v) is 0.0685. The van der Waals surface area contributed by atoms with Crippen LogP contribution in [0.4, 0.5) is 0 Å². The SMILES string of the molecule is N=[C]NP=O. The van der Waals surface area contributed by atoms with Gasteiger partial charge in [0.15, 0.2) is 6.34 Å². The van der Waals surface area contributed by atoms with E-state index in [-0.39, 0.29) is 8.61 Å². The molecule has 0 aliphatic heterocycles. The predicted octanol–water partition coefficient (Wildman–Crippen LogP) is 0.267. The molecular weight excluding hydrogens is 87.0 g/mol. The Bertz CT molecular complexity index is 38.9. The normalized spacial score (nSPS) is 7.20. The predicted molar refractivity (Wildman–Crippen MR) is 18.5 cm³/mol. The Morgan fingerprint density at radius 2 is 2.60 bits per heavy atom. The molecule has 0 bridgehead atoms. The highest BCUT2D eigenvalue weighted by Gasteiger charge is 1.58. The molecule has 0 rings (SSSR count). The standard InChI is InChI=1S/CH2N2OP/c2-1-3-5-4/h(H2,2,3,4). The van der Waals surface area contributed by atoms with E-state index in [4.69, 9.17) is 5.41 Å². The van der Waals surface area contributed by atoms with Crippen molar-refractivity contribution in [3.63, 3.8) is 0 Å². The second-order valence-corrected chi connectivity index (χ2v) is 0.734. The van der Waals surface area contributed by atoms with Crippen LogP contribution in [-0.2, 0) is 4.57 Å². The second kappa shape index (κ2) is 3.57. The van der Waals surface area contributed by atoms with Gasteiger partial charge in [0.05, 0.1) is 0 Å². The highest BCUT2D eigenvalue weighted by atomic mass is 31.1. The molecule has 0 aromatic carbocycles. The Hall–Kier alpha value is -0.430. The molecule has 0 aromatic rings. The molecule has 0 fully saturated rings. The minimum absolute atomic E-state index is 0.269. The molecule has 0 amide bonds. The fraction of sp³-hybridized carbons (Fsp3) is 0. The summed E-state index contributed by atoms with van der Waals surface area (Å²) in [5.41, 5.74) is 0. The van der Waals surface area contributed by atoms with Crippen molar-refractivity contribution in [3.05, 3.63) is 0 Å². The van der Waals surface area contributed by atoms with Crippen LogP contribution in [0.2, 0.25) is 0 Å². The van der Waals surface area contributed by atoms with E-state index < -0.39 is 0 Å². The molecule has 0 aromatic heterocycles. The van der Waals surface area contributed by atoms with Crippen molar-refractivity contribution < 1.29 is 4.57 Å². The van der Waals surface area contributed by atoms with Crippen molar-refractivity contribution in [1.29, 1.82) is 5.41 Å². The van der Waals surface area contributed by atoms with Gasteiger partial charge in [-0.25, -0.2) is 4.57 Å². The third-order valence-electron chi connectivity index (χ3n) is 0.102. The fourth-order valence-electron chi connectivity index (χ4n) is 0.0228. The van der Waals surface area contributed by atoms with Crippen LogP contribution in [-0.4, -0.2) is 6.34 Å². The molecule has 5 heavy (non-hydrogen) atoms. The van der Waals surface area contributed by atoms with E-state index in [0.717, 1.165) is 0 Å². The maximum absolute atomic E-state index is 9.21. The van der Waals surface area contributed by atoms with Gasteiger partial charge in [0.2, 0.25) is 0 Å². The lowest BCUT2D eigenvalue weighted by atomic mass is 11.4. The Kier molecular flexibility index (Phi) is 3.26. The van der Waals surface area contributed by atoms with Gasteiger partial charge in [0.1, 0.15) is 0 Å². The monoisotopic (exact) mass is 89.0 g/mol. The van der Waals surface area contributed by atoms with Crippen LogP contribution >= 0.6 is 8.61 Å². The molecular formula is CH2N2OP. The summed E-state index contributed by atoms with van der Waals surface area (Å²) < 4.78 is 9.21. The van der Waals surface area contributed by atoms with Crippen molar-refractivity contribution in [2.75, 3.05) is 0 Å². The van der Waals surface area contributed by atoms with Crippen LogP contribution in [0.3, 0.4) is 0 Å². The van der Waals surface area contributed by atoms with E-state index in [1.165, 1.54) is 0 Å². The van der Waals surface area contributed by atoms with Crippen molar-refractivity contribution in [1.82, 2.24) is 5.09 Å². The molecule has 3 nitrogen and oxygen atoms in total. The third kappa shape index (κ3) is 3.57. The summed E-state index contributed by atoms with van der Waals surface area (Å²) in [6.07, 6.45) is 1.69. The lowest BCUT2D eigenvalue weighted by Gasteiger charge is -1.63. The molecule has 1 radical (unpaired) electrons. The van der Waals surface area contributed by atoms with Crippen LogP contribution in [0, 0.1) is 5.41 Å². The lowest BCUT2D eigenvalue weighted by molar-refractivity contribution is 0.597. The first-order valence-corrected chi connectivity index (χ1v) is 1.72. The minimum Gasteiger partial charge on any atom is -0.287 e. The van der Waals surface area contributed by atoms with E-state index >= 15 is 0 Å². The summed E-state index contributed by atoms with van der Waals surface area (Å²) in [6, 6.07) is 0. The molecule has 0 aliphatic carbocycles. The van der Waals surface area contributed by atoms with E-state index in [2.05, 4.69) is 0 Å². The Labute approximate surface area is 31.2 Å². The summed E-state index contributed by atoms with van der Waals surface area (Å²) in [7, 11) is -0.269. The number of hydrogen-bond donors (Lipinski definition) is 2. The van der Waals surface area contributed by atoms with E-state index in [0.29, 0.717) is 0 Å². The van der Waals surface area contributed by atoms with Gasteiger partial charge in [-0.2, -0.15) is 0 Å². The molecule has 2 N–H and O–H groups in total. The number of rotatable bonds is 2. The summed E-state index contributed by atoms with van der Waals surface area (Å²) in [4.78, 5) is 0. The third-order valence-corrected chi connectivity index (χ3v) is 0.305. The minimum atomic E-state index is -0.269. The summed E-state index contributed by atoms with van der Waals surface area (Å²) in [5.74, 6) is 0. The zero-order valence-corrected chi connectivity index (χ0v) is 3.25. The molecule has 0 saturated heterocycles. The van der Waals surface area contributed by atoms with E-state index in [1.54, 1.807) is 6.34 Å². The van der Waals surface area contributed by atoms with E-state index in [1.807, 2.05) is 5.09 Å². The summed E-state index contributed by atoms with van der Waals surface area (Å²) >= 11 is 0. The first-order valence-electron chi connectivity index (χ1n) is 0.906. The van der Waals surface area contributed by atoms with Crippen molar-refractivity contribution in [3.8, 4) is 0 Å².